The van der Waals surface area contributed by atoms with E-state index in [1.54, 1.807) is 18.2 Å². The van der Waals surface area contributed by atoms with Crippen LogP contribution in [0.1, 0.15) is 30.2 Å². The summed E-state index contributed by atoms with van der Waals surface area (Å²) in [4.78, 5) is 26.8. The van der Waals surface area contributed by atoms with Crippen LogP contribution in [-0.2, 0) is 20.5 Å². The van der Waals surface area contributed by atoms with Crippen molar-refractivity contribution in [2.24, 2.45) is 0 Å². The molecule has 148 valence electrons. The number of ether oxygens (including phenoxy) is 1. The van der Waals surface area contributed by atoms with Crippen LogP contribution in [0, 0.1) is 12.3 Å². The van der Waals surface area contributed by atoms with E-state index in [0.29, 0.717) is 23.6 Å². The highest BCUT2D eigenvalue weighted by atomic mass is 35.5. The van der Waals surface area contributed by atoms with E-state index in [1.165, 1.54) is 10.8 Å². The van der Waals surface area contributed by atoms with Crippen LogP contribution in [0.5, 0.6) is 5.75 Å². The molecule has 4 rings (SSSR count). The summed E-state index contributed by atoms with van der Waals surface area (Å²) in [7, 11) is 4.18. The highest BCUT2D eigenvalue weighted by molar-refractivity contribution is 7.42. The molecule has 1 fully saturated rings. The minimum absolute atomic E-state index is 0.0312. The number of terminal acetylenes is 1. The lowest BCUT2D eigenvalue weighted by Crippen LogP contribution is -2.36. The summed E-state index contributed by atoms with van der Waals surface area (Å²) in [5, 5.41) is 0.583. The predicted octanol–water partition coefficient (Wildman–Crippen LogP) is 1.96. The van der Waals surface area contributed by atoms with Crippen LogP contribution in [0.25, 0.3) is 0 Å². The van der Waals surface area contributed by atoms with Crippen molar-refractivity contribution in [3.8, 4) is 18.1 Å². The third-order valence-corrected chi connectivity index (χ3v) is 5.62. The van der Waals surface area contributed by atoms with Crippen LogP contribution in [0.3, 0.4) is 0 Å². The summed E-state index contributed by atoms with van der Waals surface area (Å²) in [6, 6.07) is 5.19. The zero-order valence-corrected chi connectivity index (χ0v) is 16.6. The van der Waals surface area contributed by atoms with Crippen molar-refractivity contribution in [1.82, 2.24) is 14.5 Å². The van der Waals surface area contributed by atoms with Gasteiger partial charge in [-0.05, 0) is 31.0 Å². The van der Waals surface area contributed by atoms with Gasteiger partial charge < -0.3 is 9.26 Å². The minimum atomic E-state index is -1.78. The Labute approximate surface area is 172 Å². The smallest absolute Gasteiger partial charge is 0.414 e. The molecule has 12 heteroatoms. The summed E-state index contributed by atoms with van der Waals surface area (Å²) >= 11 is 5.95. The summed E-state index contributed by atoms with van der Waals surface area (Å²) in [6.45, 7) is 0.269. The fraction of sp³-hybridized carbons (Fsp3) is 0.294. The van der Waals surface area contributed by atoms with Crippen LogP contribution >= 0.6 is 20.2 Å². The van der Waals surface area contributed by atoms with Gasteiger partial charge in [-0.3, -0.25) is 18.9 Å². The van der Waals surface area contributed by atoms with Gasteiger partial charge in [0.05, 0.1) is 6.61 Å². The zero-order valence-electron chi connectivity index (χ0n) is 14.9. The van der Waals surface area contributed by atoms with E-state index in [2.05, 4.69) is 10.9 Å². The molecule has 1 N–H and O–H groups in total. The molecule has 29 heavy (non-hydrogen) atoms. The number of aromatic amines is 1. The van der Waals surface area contributed by atoms with Gasteiger partial charge in [-0.15, -0.1) is 6.42 Å². The molecule has 2 aliphatic heterocycles. The number of halogens is 1. The van der Waals surface area contributed by atoms with Gasteiger partial charge >= 0.3 is 14.3 Å². The Morgan fingerprint density at radius 3 is 3.03 bits per heavy atom. The van der Waals surface area contributed by atoms with Crippen LogP contribution in [0.15, 0.2) is 34.0 Å². The molecule has 0 amide bonds. The standard InChI is InChI=1S/C17H14BClN3O6P/c1-2-10-8-21(17(24)20-16(10)23)14-5-6-15(26-14)22(18)28-29-25-9-11-7-12(19)3-4-13(11)27-29/h1,3-4,7-8,14-15H,5-6,9H2,(H,20,23,24). The van der Waals surface area contributed by atoms with Gasteiger partial charge in [-0.25, -0.2) is 14.4 Å². The van der Waals surface area contributed by atoms with Crippen LogP contribution in [0.2, 0.25) is 5.02 Å². The Hall–Kier alpha value is -2.12. The van der Waals surface area contributed by atoms with Crippen molar-refractivity contribution in [1.29, 1.82) is 0 Å². The Balaban J connectivity index is 1.40. The summed E-state index contributed by atoms with van der Waals surface area (Å²) in [6.07, 6.45) is 6.18. The highest BCUT2D eigenvalue weighted by Gasteiger charge is 2.34. The maximum absolute atomic E-state index is 12.1. The molecule has 0 saturated carbocycles. The number of fused-ring (bicyclic) bond motifs is 1. The zero-order chi connectivity index (χ0) is 20.5. The van der Waals surface area contributed by atoms with Gasteiger partial charge in [-0.2, -0.15) is 0 Å². The number of rotatable bonds is 4. The first-order chi connectivity index (χ1) is 13.9. The molecule has 0 spiro atoms. The first-order valence-corrected chi connectivity index (χ1v) is 10.0. The molecule has 9 nitrogen and oxygen atoms in total. The second-order valence-electron chi connectivity index (χ2n) is 6.26. The van der Waals surface area contributed by atoms with Crippen molar-refractivity contribution >= 4 is 28.2 Å². The van der Waals surface area contributed by atoms with E-state index >= 15 is 0 Å². The Kier molecular flexibility index (Phi) is 5.79. The van der Waals surface area contributed by atoms with E-state index in [-0.39, 0.29) is 12.2 Å². The van der Waals surface area contributed by atoms with E-state index in [9.17, 15) is 9.59 Å². The van der Waals surface area contributed by atoms with E-state index < -0.39 is 32.3 Å². The van der Waals surface area contributed by atoms with Crippen molar-refractivity contribution in [3.05, 3.63) is 61.4 Å². The number of nitrogens with zero attached hydrogens (tertiary/aromatic N) is 2. The monoisotopic (exact) mass is 433 g/mol. The Bertz CT molecular complexity index is 1090. The largest absolute Gasteiger partial charge is 0.425 e. The lowest BCUT2D eigenvalue weighted by Gasteiger charge is -2.30. The van der Waals surface area contributed by atoms with Gasteiger partial charge in [0.1, 0.15) is 23.8 Å². The second kappa shape index (κ2) is 8.32. The second-order valence-corrected chi connectivity index (χ2v) is 7.75. The summed E-state index contributed by atoms with van der Waals surface area (Å²) in [5.74, 6) is 2.83. The maximum atomic E-state index is 12.1. The van der Waals surface area contributed by atoms with E-state index in [0.717, 1.165) is 10.5 Å². The topological polar surface area (TPSA) is 95.0 Å². The first kappa shape index (κ1) is 20.2. The van der Waals surface area contributed by atoms with E-state index in [1.807, 2.05) is 0 Å². The molecule has 2 aromatic rings. The average molecular weight is 434 g/mol. The third-order valence-electron chi connectivity index (χ3n) is 4.37. The molecular formula is C17H14BClN3O6P. The van der Waals surface area contributed by atoms with Gasteiger partial charge in [0.15, 0.2) is 0 Å². The third kappa shape index (κ3) is 4.26. The fourth-order valence-electron chi connectivity index (χ4n) is 2.95. The van der Waals surface area contributed by atoms with Crippen LogP contribution in [0.4, 0.5) is 0 Å². The van der Waals surface area contributed by atoms with Crippen molar-refractivity contribution in [3.63, 3.8) is 0 Å². The summed E-state index contributed by atoms with van der Waals surface area (Å²) < 4.78 is 23.7. The number of hydroxylamine groups is 1. The quantitative estimate of drug-likeness (QED) is 0.341. The SMILES string of the molecule is [B]N(OP1OCc2cc(Cl)ccc2O1)C1CCC(n2cc(C#C)c(=O)[nH]c2=O)O1. The molecule has 3 heterocycles. The van der Waals surface area contributed by atoms with Crippen molar-refractivity contribution < 1.29 is 18.4 Å². The molecule has 2 aliphatic rings. The van der Waals surface area contributed by atoms with Crippen LogP contribution in [-0.4, -0.2) is 28.7 Å². The number of aromatic nitrogens is 2. The molecule has 1 aromatic heterocycles. The minimum Gasteiger partial charge on any atom is -0.425 e. The molecule has 0 aliphatic carbocycles. The first-order valence-electron chi connectivity index (χ1n) is 8.53. The molecule has 3 atom stereocenters. The normalized spacial score (nSPS) is 23.4. The maximum Gasteiger partial charge on any atom is 0.414 e. The summed E-state index contributed by atoms with van der Waals surface area (Å²) in [5.41, 5.74) is -0.406. The average Bonchev–Trinajstić information content (AvgIpc) is 3.18. The highest BCUT2D eigenvalue weighted by Crippen LogP contribution is 2.48. The number of hydrogen-bond acceptors (Lipinski definition) is 7. The Morgan fingerprint density at radius 1 is 1.41 bits per heavy atom. The molecule has 1 aromatic carbocycles. The van der Waals surface area contributed by atoms with Gasteiger partial charge in [-0.1, -0.05) is 17.5 Å². The lowest BCUT2D eigenvalue weighted by molar-refractivity contribution is -0.146. The lowest BCUT2D eigenvalue weighted by atomic mass is 10.2. The number of nitrogens with one attached hydrogen (secondary N) is 1. The number of benzene rings is 1. The van der Waals surface area contributed by atoms with Crippen LogP contribution < -0.4 is 15.8 Å². The Morgan fingerprint density at radius 2 is 2.24 bits per heavy atom. The molecule has 3 unspecified atom stereocenters. The molecular weight excluding hydrogens is 419 g/mol. The molecule has 1 saturated heterocycles. The van der Waals surface area contributed by atoms with Crippen molar-refractivity contribution in [2.75, 3.05) is 0 Å². The fourth-order valence-corrected chi connectivity index (χ4v) is 4.12. The van der Waals surface area contributed by atoms with Crippen molar-refractivity contribution in [2.45, 2.75) is 31.9 Å². The predicted molar refractivity (Wildman–Crippen MR) is 105 cm³/mol. The van der Waals surface area contributed by atoms with Gasteiger partial charge in [0.25, 0.3) is 5.56 Å². The number of hydrogen-bond donors (Lipinski definition) is 1. The molecule has 0 bridgehead atoms. The molecule has 2 radical (unpaired) electrons. The van der Waals surface area contributed by atoms with E-state index in [4.69, 9.17) is 44.4 Å². The van der Waals surface area contributed by atoms with Gasteiger partial charge in [0, 0.05) is 16.8 Å². The number of H-pyrrole nitrogens is 1. The van der Waals surface area contributed by atoms with Gasteiger partial charge in [0.2, 0.25) is 7.98 Å².